The molecule has 108 valence electrons. The highest BCUT2D eigenvalue weighted by atomic mass is 16.5. The van der Waals surface area contributed by atoms with Gasteiger partial charge in [-0.3, -0.25) is 0 Å². The van der Waals surface area contributed by atoms with E-state index in [1.807, 2.05) is 0 Å². The average Bonchev–Trinajstić information content (AvgIpc) is 2.80. The van der Waals surface area contributed by atoms with Gasteiger partial charge in [0.1, 0.15) is 5.82 Å². The Hall–Kier alpha value is -1.88. The third kappa shape index (κ3) is 2.82. The molecule has 1 aromatic heterocycles. The molecule has 0 bridgehead atoms. The van der Waals surface area contributed by atoms with Gasteiger partial charge < -0.3 is 14.8 Å². The van der Waals surface area contributed by atoms with Gasteiger partial charge in [-0.05, 0) is 24.6 Å². The Morgan fingerprint density at radius 3 is 2.75 bits per heavy atom. The molecule has 0 aliphatic rings. The maximum absolute atomic E-state index is 11.5. The Balaban J connectivity index is 2.36. The minimum absolute atomic E-state index is 0.0844. The third-order valence-corrected chi connectivity index (χ3v) is 3.04. The van der Waals surface area contributed by atoms with Crippen molar-refractivity contribution in [3.63, 3.8) is 0 Å². The summed E-state index contributed by atoms with van der Waals surface area (Å²) in [6.07, 6.45) is -1.26. The summed E-state index contributed by atoms with van der Waals surface area (Å²) in [5.41, 5.74) is 2.03. The SMILES string of the molecule is CCOC(=O)C(O)c1ccc2nc(C(C)(C)C)[nH]c2c1. The van der Waals surface area contributed by atoms with Gasteiger partial charge in [-0.1, -0.05) is 26.8 Å². The summed E-state index contributed by atoms with van der Waals surface area (Å²) in [6, 6.07) is 5.22. The number of nitrogens with one attached hydrogen (secondary N) is 1. The maximum Gasteiger partial charge on any atom is 0.339 e. The molecule has 0 amide bonds. The van der Waals surface area contributed by atoms with Crippen LogP contribution in [0.15, 0.2) is 18.2 Å². The number of imidazole rings is 1. The number of rotatable bonds is 3. The van der Waals surface area contributed by atoms with Gasteiger partial charge in [0, 0.05) is 5.41 Å². The molecule has 0 aliphatic carbocycles. The number of carbonyl (C=O) groups is 1. The van der Waals surface area contributed by atoms with Gasteiger partial charge in [0.25, 0.3) is 0 Å². The Kier molecular flexibility index (Phi) is 3.81. The number of aliphatic hydroxyl groups is 1. The van der Waals surface area contributed by atoms with Crippen molar-refractivity contribution in [3.05, 3.63) is 29.6 Å². The van der Waals surface area contributed by atoms with E-state index in [4.69, 9.17) is 4.74 Å². The first-order valence-corrected chi connectivity index (χ1v) is 6.67. The van der Waals surface area contributed by atoms with Crippen LogP contribution in [0.5, 0.6) is 0 Å². The molecule has 0 radical (unpaired) electrons. The zero-order chi connectivity index (χ0) is 14.9. The molecule has 1 aromatic carbocycles. The Bertz CT molecular complexity index is 626. The fourth-order valence-electron chi connectivity index (χ4n) is 1.91. The third-order valence-electron chi connectivity index (χ3n) is 3.04. The van der Waals surface area contributed by atoms with Crippen LogP contribution in [0.25, 0.3) is 11.0 Å². The molecular weight excluding hydrogens is 256 g/mol. The van der Waals surface area contributed by atoms with E-state index in [9.17, 15) is 9.90 Å². The first kappa shape index (κ1) is 14.5. The number of fused-ring (bicyclic) bond motifs is 1. The van der Waals surface area contributed by atoms with Crippen LogP contribution < -0.4 is 0 Å². The molecule has 2 rings (SSSR count). The molecule has 1 heterocycles. The first-order chi connectivity index (χ1) is 9.32. The van der Waals surface area contributed by atoms with Crippen molar-refractivity contribution in [1.29, 1.82) is 0 Å². The fraction of sp³-hybridized carbons (Fsp3) is 0.467. The predicted octanol–water partition coefficient (Wildman–Crippen LogP) is 2.46. The number of esters is 1. The zero-order valence-corrected chi connectivity index (χ0v) is 12.2. The highest BCUT2D eigenvalue weighted by Gasteiger charge is 2.21. The van der Waals surface area contributed by atoms with Crippen LogP contribution in [0.4, 0.5) is 0 Å². The second-order valence-corrected chi connectivity index (χ2v) is 5.77. The predicted molar refractivity (Wildman–Crippen MR) is 76.4 cm³/mol. The summed E-state index contributed by atoms with van der Waals surface area (Å²) in [5.74, 6) is 0.234. The van der Waals surface area contributed by atoms with Gasteiger partial charge in [0.15, 0.2) is 6.10 Å². The lowest BCUT2D eigenvalue weighted by Gasteiger charge is -2.13. The summed E-state index contributed by atoms with van der Waals surface area (Å²) in [5, 5.41) is 9.94. The summed E-state index contributed by atoms with van der Waals surface area (Å²) >= 11 is 0. The van der Waals surface area contributed by atoms with Crippen molar-refractivity contribution in [1.82, 2.24) is 9.97 Å². The van der Waals surface area contributed by atoms with E-state index in [1.165, 1.54) is 0 Å². The molecule has 20 heavy (non-hydrogen) atoms. The topological polar surface area (TPSA) is 75.2 Å². The molecule has 2 aromatic rings. The van der Waals surface area contributed by atoms with Crippen LogP contribution >= 0.6 is 0 Å². The van der Waals surface area contributed by atoms with E-state index in [0.717, 1.165) is 16.9 Å². The minimum Gasteiger partial charge on any atom is -0.464 e. The molecule has 2 N–H and O–H groups in total. The van der Waals surface area contributed by atoms with Crippen molar-refractivity contribution < 1.29 is 14.6 Å². The Morgan fingerprint density at radius 1 is 1.45 bits per heavy atom. The standard InChI is InChI=1S/C15H20N2O3/c1-5-20-13(19)12(18)9-6-7-10-11(8-9)17-14(16-10)15(2,3)4/h6-8,12,18H,5H2,1-4H3,(H,16,17). The van der Waals surface area contributed by atoms with E-state index in [2.05, 4.69) is 30.7 Å². The van der Waals surface area contributed by atoms with E-state index in [1.54, 1.807) is 25.1 Å². The van der Waals surface area contributed by atoms with Gasteiger partial charge in [0.05, 0.1) is 17.6 Å². The fourth-order valence-corrected chi connectivity index (χ4v) is 1.91. The van der Waals surface area contributed by atoms with Gasteiger partial charge in [-0.25, -0.2) is 9.78 Å². The number of benzene rings is 1. The number of carbonyl (C=O) groups excluding carboxylic acids is 1. The second kappa shape index (κ2) is 5.25. The van der Waals surface area contributed by atoms with E-state index in [0.29, 0.717) is 5.56 Å². The molecule has 0 saturated heterocycles. The van der Waals surface area contributed by atoms with E-state index >= 15 is 0 Å². The van der Waals surface area contributed by atoms with Crippen LogP contribution in [-0.2, 0) is 14.9 Å². The lowest BCUT2D eigenvalue weighted by molar-refractivity contribution is -0.153. The summed E-state index contributed by atoms with van der Waals surface area (Å²) in [4.78, 5) is 19.3. The summed E-state index contributed by atoms with van der Waals surface area (Å²) in [7, 11) is 0. The zero-order valence-electron chi connectivity index (χ0n) is 12.2. The number of ether oxygens (including phenoxy) is 1. The van der Waals surface area contributed by atoms with Gasteiger partial charge in [-0.2, -0.15) is 0 Å². The molecule has 5 nitrogen and oxygen atoms in total. The second-order valence-electron chi connectivity index (χ2n) is 5.77. The van der Waals surface area contributed by atoms with E-state index in [-0.39, 0.29) is 12.0 Å². The molecule has 1 atom stereocenters. The monoisotopic (exact) mass is 276 g/mol. The molecule has 0 fully saturated rings. The number of hydrogen-bond acceptors (Lipinski definition) is 4. The number of aromatic nitrogens is 2. The molecule has 5 heteroatoms. The Labute approximate surface area is 118 Å². The van der Waals surface area contributed by atoms with Gasteiger partial charge in [0.2, 0.25) is 0 Å². The molecular formula is C15H20N2O3. The van der Waals surface area contributed by atoms with Crippen LogP contribution in [0.2, 0.25) is 0 Å². The van der Waals surface area contributed by atoms with Crippen molar-refractivity contribution in [2.24, 2.45) is 0 Å². The molecule has 0 spiro atoms. The number of aliphatic hydroxyl groups excluding tert-OH is 1. The van der Waals surface area contributed by atoms with Crippen LogP contribution in [0.1, 0.15) is 45.2 Å². The smallest absolute Gasteiger partial charge is 0.339 e. The lowest BCUT2D eigenvalue weighted by Crippen LogP contribution is -2.15. The minimum atomic E-state index is -1.26. The van der Waals surface area contributed by atoms with Gasteiger partial charge in [-0.15, -0.1) is 0 Å². The highest BCUT2D eigenvalue weighted by Crippen LogP contribution is 2.25. The van der Waals surface area contributed by atoms with Gasteiger partial charge >= 0.3 is 5.97 Å². The van der Waals surface area contributed by atoms with Crippen LogP contribution in [0, 0.1) is 0 Å². The molecule has 0 saturated carbocycles. The normalized spacial score (nSPS) is 13.4. The highest BCUT2D eigenvalue weighted by molar-refractivity contribution is 5.81. The maximum atomic E-state index is 11.5. The van der Waals surface area contributed by atoms with Crippen LogP contribution in [-0.4, -0.2) is 27.7 Å². The molecule has 1 unspecified atom stereocenters. The molecule has 0 aliphatic heterocycles. The van der Waals surface area contributed by atoms with Crippen molar-refractivity contribution in [3.8, 4) is 0 Å². The number of aromatic amines is 1. The number of nitrogens with zero attached hydrogens (tertiary/aromatic N) is 1. The largest absolute Gasteiger partial charge is 0.464 e. The van der Waals surface area contributed by atoms with Crippen molar-refractivity contribution >= 4 is 17.0 Å². The van der Waals surface area contributed by atoms with E-state index < -0.39 is 12.1 Å². The Morgan fingerprint density at radius 2 is 2.15 bits per heavy atom. The van der Waals surface area contributed by atoms with Crippen LogP contribution in [0.3, 0.4) is 0 Å². The summed E-state index contributed by atoms with van der Waals surface area (Å²) < 4.78 is 4.81. The lowest BCUT2D eigenvalue weighted by atomic mass is 9.96. The van der Waals surface area contributed by atoms with Crippen molar-refractivity contribution in [2.75, 3.05) is 6.61 Å². The van der Waals surface area contributed by atoms with Crippen molar-refractivity contribution in [2.45, 2.75) is 39.2 Å². The number of H-pyrrole nitrogens is 1. The summed E-state index contributed by atoms with van der Waals surface area (Å²) in [6.45, 7) is 8.16. The average molecular weight is 276 g/mol. The quantitative estimate of drug-likeness (QED) is 0.844. The number of hydrogen-bond donors (Lipinski definition) is 2. The first-order valence-electron chi connectivity index (χ1n) is 6.67.